The van der Waals surface area contributed by atoms with E-state index >= 15 is 0 Å². The molecule has 0 bridgehead atoms. The van der Waals surface area contributed by atoms with Crippen LogP contribution in [-0.4, -0.2) is 21.5 Å². The van der Waals surface area contributed by atoms with Crippen molar-refractivity contribution in [3.05, 3.63) is 23.8 Å². The van der Waals surface area contributed by atoms with Gasteiger partial charge in [-0.1, -0.05) is 6.07 Å². The maximum atomic E-state index is 11.4. The van der Waals surface area contributed by atoms with E-state index in [1.807, 2.05) is 6.07 Å². The van der Waals surface area contributed by atoms with Crippen LogP contribution in [0.5, 0.6) is 0 Å². The zero-order valence-electron chi connectivity index (χ0n) is 10.7. The minimum Gasteiger partial charge on any atom is -0.371 e. The van der Waals surface area contributed by atoms with E-state index in [1.54, 1.807) is 12.1 Å². The molecule has 0 fully saturated rings. The highest BCUT2D eigenvalue weighted by Gasteiger charge is 2.21. The van der Waals surface area contributed by atoms with Crippen molar-refractivity contribution in [1.82, 2.24) is 0 Å². The Morgan fingerprint density at radius 1 is 1.37 bits per heavy atom. The Kier molecular flexibility index (Phi) is 4.08. The lowest BCUT2D eigenvalue weighted by Crippen LogP contribution is -2.22. The zero-order chi connectivity index (χ0) is 13.9. The van der Waals surface area contributed by atoms with Gasteiger partial charge in [0.05, 0.1) is 11.0 Å². The predicted molar refractivity (Wildman–Crippen MR) is 73.2 cm³/mol. The molecule has 0 saturated carbocycles. The fourth-order valence-electron chi connectivity index (χ4n) is 2.34. The molecule has 0 atom stereocenters. The van der Waals surface area contributed by atoms with Crippen molar-refractivity contribution >= 4 is 15.7 Å². The van der Waals surface area contributed by atoms with E-state index < -0.39 is 10.0 Å². The summed E-state index contributed by atoms with van der Waals surface area (Å²) in [7, 11) is -3.65. The average molecular weight is 279 g/mol. The molecule has 1 aromatic carbocycles. The predicted octanol–water partition coefficient (Wildman–Crippen LogP) is 1.39. The van der Waals surface area contributed by atoms with Crippen molar-refractivity contribution in [2.75, 3.05) is 18.0 Å². The second-order valence-corrected chi connectivity index (χ2v) is 6.25. The molecule has 0 aromatic heterocycles. The molecule has 0 radical (unpaired) electrons. The fourth-order valence-corrected chi connectivity index (χ4v) is 2.87. The number of nitrogens with two attached hydrogens (primary N) is 1. The summed E-state index contributed by atoms with van der Waals surface area (Å²) < 4.78 is 22.7. The molecular weight excluding hydrogens is 262 g/mol. The molecular formula is C13H17N3O2S. The Morgan fingerprint density at radius 2 is 2.16 bits per heavy atom. The van der Waals surface area contributed by atoms with E-state index in [0.717, 1.165) is 43.6 Å². The number of nitriles is 1. The average Bonchev–Trinajstić information content (AvgIpc) is 2.76. The first-order valence-corrected chi connectivity index (χ1v) is 7.84. The zero-order valence-corrected chi connectivity index (χ0v) is 11.5. The van der Waals surface area contributed by atoms with Gasteiger partial charge in [0.15, 0.2) is 0 Å². The molecule has 6 heteroatoms. The Morgan fingerprint density at radius 3 is 2.84 bits per heavy atom. The van der Waals surface area contributed by atoms with Gasteiger partial charge in [-0.15, -0.1) is 0 Å². The van der Waals surface area contributed by atoms with Gasteiger partial charge in [0.2, 0.25) is 10.0 Å². The van der Waals surface area contributed by atoms with Gasteiger partial charge < -0.3 is 4.90 Å². The molecule has 2 N–H and O–H groups in total. The van der Waals surface area contributed by atoms with Gasteiger partial charge in [-0.25, -0.2) is 13.6 Å². The lowest BCUT2D eigenvalue weighted by molar-refractivity contribution is 0.598. The lowest BCUT2D eigenvalue weighted by Gasteiger charge is -2.19. The van der Waals surface area contributed by atoms with Crippen LogP contribution in [0.15, 0.2) is 23.1 Å². The Labute approximate surface area is 113 Å². The molecule has 1 heterocycles. The first-order chi connectivity index (χ1) is 9.02. The largest absolute Gasteiger partial charge is 0.371 e. The van der Waals surface area contributed by atoms with E-state index in [2.05, 4.69) is 11.0 Å². The molecule has 19 heavy (non-hydrogen) atoms. The van der Waals surface area contributed by atoms with E-state index in [0.29, 0.717) is 6.42 Å². The Balaban J connectivity index is 2.12. The van der Waals surface area contributed by atoms with Crippen LogP contribution in [0.3, 0.4) is 0 Å². The lowest BCUT2D eigenvalue weighted by atomic mass is 10.2. The molecule has 1 aliphatic rings. The van der Waals surface area contributed by atoms with Crippen LogP contribution >= 0.6 is 0 Å². The number of nitrogens with zero attached hydrogens (tertiary/aromatic N) is 2. The highest BCUT2D eigenvalue weighted by molar-refractivity contribution is 7.89. The maximum Gasteiger partial charge on any atom is 0.238 e. The summed E-state index contributed by atoms with van der Waals surface area (Å²) in [5.41, 5.74) is 2.12. The molecule has 0 unspecified atom stereocenters. The minimum absolute atomic E-state index is 0.162. The molecule has 0 aliphatic carbocycles. The number of sulfonamides is 1. The van der Waals surface area contributed by atoms with E-state index in [9.17, 15) is 8.42 Å². The smallest absolute Gasteiger partial charge is 0.238 e. The topological polar surface area (TPSA) is 87.2 Å². The van der Waals surface area contributed by atoms with Crippen molar-refractivity contribution in [1.29, 1.82) is 5.26 Å². The van der Waals surface area contributed by atoms with Gasteiger partial charge in [-0.05, 0) is 37.0 Å². The molecule has 1 aliphatic heterocycles. The maximum absolute atomic E-state index is 11.4. The third-order valence-corrected chi connectivity index (χ3v) is 4.25. The first-order valence-electron chi connectivity index (χ1n) is 6.30. The van der Waals surface area contributed by atoms with Crippen molar-refractivity contribution in [2.45, 2.75) is 30.6 Å². The summed E-state index contributed by atoms with van der Waals surface area (Å²) in [6, 6.07) is 7.18. The standard InChI is InChI=1S/C13H17N3O2S/c14-7-2-1-3-8-16-9-6-11-4-5-12(10-13(11)16)19(15,17)18/h4-5,10H,1-3,6,8-9H2,(H2,15,17,18). The first kappa shape index (κ1) is 13.8. The summed E-state index contributed by atoms with van der Waals surface area (Å²) in [5.74, 6) is 0. The molecule has 5 nitrogen and oxygen atoms in total. The third kappa shape index (κ3) is 3.25. The van der Waals surface area contributed by atoms with Gasteiger partial charge in [0.25, 0.3) is 0 Å². The van der Waals surface area contributed by atoms with Crippen LogP contribution in [0, 0.1) is 11.3 Å². The Hall–Kier alpha value is -1.58. The molecule has 0 saturated heterocycles. The summed E-state index contributed by atoms with van der Waals surface area (Å²) in [6.07, 6.45) is 3.31. The van der Waals surface area contributed by atoms with E-state index in [4.69, 9.17) is 10.4 Å². The van der Waals surface area contributed by atoms with Gasteiger partial charge in [0.1, 0.15) is 0 Å². The number of hydrogen-bond donors (Lipinski definition) is 1. The van der Waals surface area contributed by atoms with Gasteiger partial charge in [0, 0.05) is 25.2 Å². The molecule has 2 rings (SSSR count). The van der Waals surface area contributed by atoms with Gasteiger partial charge in [-0.2, -0.15) is 5.26 Å². The summed E-state index contributed by atoms with van der Waals surface area (Å²) >= 11 is 0. The number of benzene rings is 1. The summed E-state index contributed by atoms with van der Waals surface area (Å²) in [6.45, 7) is 1.75. The minimum atomic E-state index is -3.65. The number of anilines is 1. The SMILES string of the molecule is N#CCCCCN1CCc2ccc(S(N)(=O)=O)cc21. The van der Waals surface area contributed by atoms with Crippen molar-refractivity contribution in [2.24, 2.45) is 5.14 Å². The van der Waals surface area contributed by atoms with E-state index in [1.165, 1.54) is 0 Å². The van der Waals surface area contributed by atoms with Crippen molar-refractivity contribution in [3.63, 3.8) is 0 Å². The quantitative estimate of drug-likeness (QED) is 0.825. The molecule has 0 spiro atoms. The number of unbranched alkanes of at least 4 members (excludes halogenated alkanes) is 2. The van der Waals surface area contributed by atoms with Crippen LogP contribution in [0.25, 0.3) is 0 Å². The number of fused-ring (bicyclic) bond motifs is 1. The highest BCUT2D eigenvalue weighted by Crippen LogP contribution is 2.30. The second kappa shape index (κ2) is 5.59. The van der Waals surface area contributed by atoms with Crippen LogP contribution in [0.4, 0.5) is 5.69 Å². The number of hydrogen-bond acceptors (Lipinski definition) is 4. The molecule has 0 amide bonds. The molecule has 102 valence electrons. The van der Waals surface area contributed by atoms with Crippen LogP contribution in [-0.2, 0) is 16.4 Å². The van der Waals surface area contributed by atoms with E-state index in [-0.39, 0.29) is 4.90 Å². The third-order valence-electron chi connectivity index (χ3n) is 3.34. The van der Waals surface area contributed by atoms with Crippen LogP contribution < -0.4 is 10.0 Å². The van der Waals surface area contributed by atoms with Crippen molar-refractivity contribution in [3.8, 4) is 6.07 Å². The summed E-state index contributed by atoms with van der Waals surface area (Å²) in [5, 5.41) is 13.7. The summed E-state index contributed by atoms with van der Waals surface area (Å²) in [4.78, 5) is 2.33. The monoisotopic (exact) mass is 279 g/mol. The van der Waals surface area contributed by atoms with Gasteiger partial charge in [-0.3, -0.25) is 0 Å². The van der Waals surface area contributed by atoms with Gasteiger partial charge >= 0.3 is 0 Å². The Bertz CT molecular complexity index is 605. The van der Waals surface area contributed by atoms with Crippen LogP contribution in [0.1, 0.15) is 24.8 Å². The fraction of sp³-hybridized carbons (Fsp3) is 0.462. The van der Waals surface area contributed by atoms with Crippen LogP contribution in [0.2, 0.25) is 0 Å². The number of primary sulfonamides is 1. The number of rotatable bonds is 5. The normalized spacial score (nSPS) is 14.2. The second-order valence-electron chi connectivity index (χ2n) is 4.69. The molecule has 1 aromatic rings. The highest BCUT2D eigenvalue weighted by atomic mass is 32.2. The van der Waals surface area contributed by atoms with Crippen molar-refractivity contribution < 1.29 is 8.42 Å².